The van der Waals surface area contributed by atoms with E-state index in [0.717, 1.165) is 52.3 Å². The summed E-state index contributed by atoms with van der Waals surface area (Å²) in [5.74, 6) is 2.10. The molecule has 0 N–H and O–H groups in total. The van der Waals surface area contributed by atoms with Gasteiger partial charge in [-0.25, -0.2) is 4.98 Å². The lowest BCUT2D eigenvalue weighted by molar-refractivity contribution is 0.0774. The first-order valence-electron chi connectivity index (χ1n) is 8.00. The van der Waals surface area contributed by atoms with Crippen molar-refractivity contribution in [2.45, 2.75) is 0 Å². The van der Waals surface area contributed by atoms with Gasteiger partial charge < -0.3 is 4.90 Å². The maximum Gasteiger partial charge on any atom is 0.254 e. The summed E-state index contributed by atoms with van der Waals surface area (Å²) < 4.78 is 0. The van der Waals surface area contributed by atoms with Crippen LogP contribution in [0.3, 0.4) is 0 Å². The van der Waals surface area contributed by atoms with Crippen molar-refractivity contribution in [3.8, 4) is 11.3 Å². The van der Waals surface area contributed by atoms with Crippen molar-refractivity contribution in [3.05, 3.63) is 60.4 Å². The molecule has 1 aliphatic rings. The zero-order valence-electron chi connectivity index (χ0n) is 13.2. The summed E-state index contributed by atoms with van der Waals surface area (Å²) in [6.07, 6.45) is 3.52. The number of pyridine rings is 2. The van der Waals surface area contributed by atoms with E-state index in [4.69, 9.17) is 4.98 Å². The molecule has 5 heteroatoms. The quantitative estimate of drug-likeness (QED) is 0.719. The molecule has 2 aromatic heterocycles. The highest BCUT2D eigenvalue weighted by Crippen LogP contribution is 2.26. The van der Waals surface area contributed by atoms with Crippen LogP contribution in [0.4, 0.5) is 0 Å². The lowest BCUT2D eigenvalue weighted by Crippen LogP contribution is -2.38. The largest absolute Gasteiger partial charge is 0.337 e. The minimum absolute atomic E-state index is 0.0963. The molecule has 0 spiro atoms. The highest BCUT2D eigenvalue weighted by atomic mass is 32.2. The van der Waals surface area contributed by atoms with Crippen molar-refractivity contribution >= 4 is 28.6 Å². The van der Waals surface area contributed by atoms with Gasteiger partial charge in [-0.2, -0.15) is 11.8 Å². The standard InChI is InChI=1S/C19H17N3OS/c23-19(22-8-10-24-11-9-22)16-12-18(14-4-3-7-20-13-14)21-17-6-2-1-5-15(16)17/h1-7,12-13H,8-11H2. The van der Waals surface area contributed by atoms with Crippen molar-refractivity contribution in [3.63, 3.8) is 0 Å². The highest BCUT2D eigenvalue weighted by molar-refractivity contribution is 7.99. The summed E-state index contributed by atoms with van der Waals surface area (Å²) in [7, 11) is 0. The first-order valence-corrected chi connectivity index (χ1v) is 9.15. The van der Waals surface area contributed by atoms with Crippen molar-refractivity contribution in [1.29, 1.82) is 0 Å². The number of hydrogen-bond donors (Lipinski definition) is 0. The second kappa shape index (κ2) is 6.61. The summed E-state index contributed by atoms with van der Waals surface area (Å²) in [4.78, 5) is 23.9. The molecule has 0 saturated carbocycles. The molecule has 1 fully saturated rings. The first-order chi connectivity index (χ1) is 11.8. The fraction of sp³-hybridized carbons (Fsp3) is 0.211. The smallest absolute Gasteiger partial charge is 0.254 e. The van der Waals surface area contributed by atoms with Gasteiger partial charge in [0.05, 0.1) is 16.8 Å². The zero-order chi connectivity index (χ0) is 16.4. The van der Waals surface area contributed by atoms with E-state index in [0.29, 0.717) is 0 Å². The maximum atomic E-state index is 13.1. The number of nitrogens with zero attached hydrogens (tertiary/aromatic N) is 3. The first kappa shape index (κ1) is 15.1. The summed E-state index contributed by atoms with van der Waals surface area (Å²) >= 11 is 1.90. The fourth-order valence-corrected chi connectivity index (χ4v) is 3.85. The van der Waals surface area contributed by atoms with Crippen LogP contribution in [-0.4, -0.2) is 45.4 Å². The monoisotopic (exact) mass is 335 g/mol. The van der Waals surface area contributed by atoms with Crippen LogP contribution in [-0.2, 0) is 0 Å². The molecule has 1 aliphatic heterocycles. The van der Waals surface area contributed by atoms with E-state index in [1.165, 1.54) is 0 Å². The molecule has 24 heavy (non-hydrogen) atoms. The molecule has 3 aromatic rings. The third-order valence-electron chi connectivity index (χ3n) is 4.20. The molecule has 120 valence electrons. The van der Waals surface area contributed by atoms with E-state index in [1.54, 1.807) is 12.4 Å². The second-order valence-electron chi connectivity index (χ2n) is 5.72. The van der Waals surface area contributed by atoms with E-state index in [9.17, 15) is 4.79 Å². The Morgan fingerprint density at radius 3 is 2.71 bits per heavy atom. The SMILES string of the molecule is O=C(c1cc(-c2cccnc2)nc2ccccc12)N1CCSCC1. The Kier molecular flexibility index (Phi) is 4.17. The van der Waals surface area contributed by atoms with E-state index in [-0.39, 0.29) is 5.91 Å². The average Bonchev–Trinajstić information content (AvgIpc) is 2.68. The minimum Gasteiger partial charge on any atom is -0.337 e. The number of carbonyl (C=O) groups excluding carboxylic acids is 1. The van der Waals surface area contributed by atoms with Gasteiger partial charge in [0.15, 0.2) is 0 Å². The Balaban J connectivity index is 1.85. The number of hydrogen-bond acceptors (Lipinski definition) is 4. The van der Waals surface area contributed by atoms with Crippen LogP contribution in [0.1, 0.15) is 10.4 Å². The van der Waals surface area contributed by atoms with Crippen molar-refractivity contribution in [1.82, 2.24) is 14.9 Å². The molecule has 1 saturated heterocycles. The van der Waals surface area contributed by atoms with Crippen molar-refractivity contribution < 1.29 is 4.79 Å². The second-order valence-corrected chi connectivity index (χ2v) is 6.94. The Bertz CT molecular complexity index is 876. The van der Waals surface area contributed by atoms with Crippen LogP contribution in [0.15, 0.2) is 54.9 Å². The van der Waals surface area contributed by atoms with Crippen LogP contribution < -0.4 is 0 Å². The molecule has 4 rings (SSSR count). The number of aromatic nitrogens is 2. The summed E-state index contributed by atoms with van der Waals surface area (Å²) in [5, 5.41) is 0.911. The molecule has 4 nitrogen and oxygen atoms in total. The van der Waals surface area contributed by atoms with Crippen LogP contribution in [0.5, 0.6) is 0 Å². The number of amides is 1. The van der Waals surface area contributed by atoms with Gasteiger partial charge in [0, 0.05) is 47.9 Å². The molecule has 1 aromatic carbocycles. The maximum absolute atomic E-state index is 13.1. The summed E-state index contributed by atoms with van der Waals surface area (Å²) in [6, 6.07) is 13.6. The van der Waals surface area contributed by atoms with Gasteiger partial charge in [-0.3, -0.25) is 9.78 Å². The molecular formula is C19H17N3OS. The van der Waals surface area contributed by atoms with E-state index < -0.39 is 0 Å². The third kappa shape index (κ3) is 2.87. The van der Waals surface area contributed by atoms with Gasteiger partial charge >= 0.3 is 0 Å². The molecule has 1 amide bonds. The average molecular weight is 335 g/mol. The van der Waals surface area contributed by atoms with E-state index >= 15 is 0 Å². The molecule has 0 unspecified atom stereocenters. The summed E-state index contributed by atoms with van der Waals surface area (Å²) in [6.45, 7) is 1.62. The zero-order valence-corrected chi connectivity index (χ0v) is 14.0. The molecule has 0 atom stereocenters. The third-order valence-corrected chi connectivity index (χ3v) is 5.14. The number of benzene rings is 1. The minimum atomic E-state index is 0.0963. The van der Waals surface area contributed by atoms with Gasteiger partial charge in [-0.15, -0.1) is 0 Å². The number of fused-ring (bicyclic) bond motifs is 1. The predicted molar refractivity (Wildman–Crippen MR) is 98.2 cm³/mol. The lowest BCUT2D eigenvalue weighted by atomic mass is 10.0. The molecule has 0 aliphatic carbocycles. The molecule has 3 heterocycles. The number of thioether (sulfide) groups is 1. The highest BCUT2D eigenvalue weighted by Gasteiger charge is 2.21. The van der Waals surface area contributed by atoms with Gasteiger partial charge in [-0.1, -0.05) is 18.2 Å². The Labute approximate surface area is 144 Å². The molecular weight excluding hydrogens is 318 g/mol. The van der Waals surface area contributed by atoms with Crippen LogP contribution in [0.25, 0.3) is 22.2 Å². The van der Waals surface area contributed by atoms with E-state index in [2.05, 4.69) is 4.98 Å². The molecule has 0 bridgehead atoms. The Morgan fingerprint density at radius 2 is 1.92 bits per heavy atom. The van der Waals surface area contributed by atoms with Gasteiger partial charge in [0.1, 0.15) is 0 Å². The summed E-state index contributed by atoms with van der Waals surface area (Å²) in [5.41, 5.74) is 3.28. The van der Waals surface area contributed by atoms with E-state index in [1.807, 2.05) is 59.1 Å². The number of carbonyl (C=O) groups is 1. The fourth-order valence-electron chi connectivity index (χ4n) is 2.95. The van der Waals surface area contributed by atoms with Crippen molar-refractivity contribution in [2.24, 2.45) is 0 Å². The van der Waals surface area contributed by atoms with Gasteiger partial charge in [0.25, 0.3) is 5.91 Å². The lowest BCUT2D eigenvalue weighted by Gasteiger charge is -2.27. The van der Waals surface area contributed by atoms with Crippen LogP contribution in [0, 0.1) is 0 Å². The van der Waals surface area contributed by atoms with Crippen LogP contribution >= 0.6 is 11.8 Å². The number of para-hydroxylation sites is 1. The normalized spacial score (nSPS) is 14.8. The Hall–Kier alpha value is -2.40. The Morgan fingerprint density at radius 1 is 1.08 bits per heavy atom. The predicted octanol–water partition coefficient (Wildman–Crippen LogP) is 3.49. The number of rotatable bonds is 2. The van der Waals surface area contributed by atoms with Crippen LogP contribution in [0.2, 0.25) is 0 Å². The van der Waals surface area contributed by atoms with Gasteiger partial charge in [0.2, 0.25) is 0 Å². The van der Waals surface area contributed by atoms with Crippen molar-refractivity contribution in [2.75, 3.05) is 24.6 Å². The van der Waals surface area contributed by atoms with Gasteiger partial charge in [-0.05, 0) is 24.3 Å². The molecule has 0 radical (unpaired) electrons. The topological polar surface area (TPSA) is 46.1 Å².